The van der Waals surface area contributed by atoms with Gasteiger partial charge >= 0.3 is 0 Å². The molecule has 2 heterocycles. The molecule has 0 aliphatic heterocycles. The van der Waals surface area contributed by atoms with Gasteiger partial charge in [-0.25, -0.2) is 9.97 Å². The molecule has 2 aromatic heterocycles. The van der Waals surface area contributed by atoms with Crippen molar-refractivity contribution in [3.63, 3.8) is 0 Å². The third-order valence-corrected chi connectivity index (χ3v) is 3.90. The van der Waals surface area contributed by atoms with Crippen LogP contribution < -0.4 is 5.32 Å². The Morgan fingerprint density at radius 1 is 1.30 bits per heavy atom. The molecule has 20 heavy (non-hydrogen) atoms. The average molecular weight is 285 g/mol. The SMILES string of the molecule is C=CCSCCNc1ncnc2c1oc1ccccc12. The van der Waals surface area contributed by atoms with Gasteiger partial charge in [0.2, 0.25) is 0 Å². The number of nitrogens with one attached hydrogen (secondary N) is 1. The molecule has 3 rings (SSSR count). The summed E-state index contributed by atoms with van der Waals surface area (Å²) in [6, 6.07) is 7.90. The molecule has 0 aliphatic carbocycles. The van der Waals surface area contributed by atoms with Crippen molar-refractivity contribution in [2.45, 2.75) is 0 Å². The van der Waals surface area contributed by atoms with Crippen molar-refractivity contribution >= 4 is 39.6 Å². The zero-order chi connectivity index (χ0) is 13.8. The van der Waals surface area contributed by atoms with Crippen LogP contribution in [0.15, 0.2) is 47.7 Å². The Morgan fingerprint density at radius 2 is 2.20 bits per heavy atom. The van der Waals surface area contributed by atoms with E-state index in [9.17, 15) is 0 Å². The van der Waals surface area contributed by atoms with Crippen molar-refractivity contribution in [1.29, 1.82) is 0 Å². The first-order valence-corrected chi connectivity index (χ1v) is 7.60. The third kappa shape index (κ3) is 2.49. The van der Waals surface area contributed by atoms with Crippen LogP contribution in [0.2, 0.25) is 0 Å². The van der Waals surface area contributed by atoms with Crippen LogP contribution in [0.5, 0.6) is 0 Å². The summed E-state index contributed by atoms with van der Waals surface area (Å²) >= 11 is 1.83. The summed E-state index contributed by atoms with van der Waals surface area (Å²) in [6.07, 6.45) is 3.48. The van der Waals surface area contributed by atoms with E-state index in [-0.39, 0.29) is 0 Å². The third-order valence-electron chi connectivity index (χ3n) is 2.93. The lowest BCUT2D eigenvalue weighted by atomic mass is 10.2. The number of aromatic nitrogens is 2. The van der Waals surface area contributed by atoms with Gasteiger partial charge in [0.1, 0.15) is 17.4 Å². The van der Waals surface area contributed by atoms with E-state index >= 15 is 0 Å². The van der Waals surface area contributed by atoms with Gasteiger partial charge < -0.3 is 9.73 Å². The fourth-order valence-corrected chi connectivity index (χ4v) is 2.64. The maximum absolute atomic E-state index is 5.85. The van der Waals surface area contributed by atoms with Gasteiger partial charge in [-0.1, -0.05) is 18.2 Å². The normalized spacial score (nSPS) is 11.0. The summed E-state index contributed by atoms with van der Waals surface area (Å²) in [5, 5.41) is 4.33. The van der Waals surface area contributed by atoms with Crippen molar-refractivity contribution < 1.29 is 4.42 Å². The molecule has 0 radical (unpaired) electrons. The van der Waals surface area contributed by atoms with E-state index in [1.165, 1.54) is 0 Å². The summed E-state index contributed by atoms with van der Waals surface area (Å²) in [5.41, 5.74) is 2.42. The first-order valence-electron chi connectivity index (χ1n) is 6.45. The fraction of sp³-hybridized carbons (Fsp3) is 0.200. The number of para-hydroxylation sites is 1. The number of hydrogen-bond donors (Lipinski definition) is 1. The first kappa shape index (κ1) is 13.0. The molecule has 4 nitrogen and oxygen atoms in total. The molecule has 0 amide bonds. The van der Waals surface area contributed by atoms with Crippen LogP contribution in [-0.2, 0) is 0 Å². The lowest BCUT2D eigenvalue weighted by molar-refractivity contribution is 0.666. The quantitative estimate of drug-likeness (QED) is 0.552. The highest BCUT2D eigenvalue weighted by atomic mass is 32.2. The molecule has 1 aromatic carbocycles. The second kappa shape index (κ2) is 5.96. The number of anilines is 1. The number of hydrogen-bond acceptors (Lipinski definition) is 5. The molecule has 0 saturated carbocycles. The molecule has 0 spiro atoms. The van der Waals surface area contributed by atoms with Crippen molar-refractivity contribution in [2.24, 2.45) is 0 Å². The molecule has 0 fully saturated rings. The number of furan rings is 1. The molecular weight excluding hydrogens is 270 g/mol. The summed E-state index contributed by atoms with van der Waals surface area (Å²) in [4.78, 5) is 8.60. The zero-order valence-electron chi connectivity index (χ0n) is 11.0. The molecule has 0 unspecified atom stereocenters. The molecule has 0 atom stereocenters. The Labute approximate surface area is 121 Å². The van der Waals surface area contributed by atoms with Crippen molar-refractivity contribution in [1.82, 2.24) is 9.97 Å². The number of nitrogens with zero attached hydrogens (tertiary/aromatic N) is 2. The smallest absolute Gasteiger partial charge is 0.196 e. The van der Waals surface area contributed by atoms with Gasteiger partial charge in [0, 0.05) is 23.4 Å². The van der Waals surface area contributed by atoms with Crippen LogP contribution in [0.4, 0.5) is 5.82 Å². The molecule has 0 bridgehead atoms. The van der Waals surface area contributed by atoms with Gasteiger partial charge in [-0.3, -0.25) is 0 Å². The van der Waals surface area contributed by atoms with Crippen molar-refractivity contribution in [3.05, 3.63) is 43.2 Å². The maximum Gasteiger partial charge on any atom is 0.196 e. The van der Waals surface area contributed by atoms with E-state index in [0.717, 1.165) is 45.9 Å². The number of thioether (sulfide) groups is 1. The predicted octanol–water partition coefficient (Wildman–Crippen LogP) is 3.71. The molecule has 0 aliphatic rings. The Morgan fingerprint density at radius 3 is 3.10 bits per heavy atom. The Balaban J connectivity index is 1.86. The molecule has 1 N–H and O–H groups in total. The van der Waals surface area contributed by atoms with Gasteiger partial charge in [0.05, 0.1) is 0 Å². The van der Waals surface area contributed by atoms with Gasteiger partial charge in [0.15, 0.2) is 11.4 Å². The lowest BCUT2D eigenvalue weighted by Crippen LogP contribution is -2.06. The summed E-state index contributed by atoms with van der Waals surface area (Å²) in [6.45, 7) is 4.54. The first-order chi connectivity index (χ1) is 9.90. The average Bonchev–Trinajstić information content (AvgIpc) is 2.87. The molecule has 102 valence electrons. The highest BCUT2D eigenvalue weighted by Gasteiger charge is 2.11. The van der Waals surface area contributed by atoms with Gasteiger partial charge in [-0.05, 0) is 12.1 Å². The fourth-order valence-electron chi connectivity index (χ4n) is 2.06. The highest BCUT2D eigenvalue weighted by molar-refractivity contribution is 7.99. The minimum absolute atomic E-state index is 0.724. The van der Waals surface area contributed by atoms with Crippen molar-refractivity contribution in [2.75, 3.05) is 23.4 Å². The van der Waals surface area contributed by atoms with E-state index in [0.29, 0.717) is 0 Å². The molecule has 5 heteroatoms. The van der Waals surface area contributed by atoms with Gasteiger partial charge in [-0.2, -0.15) is 11.8 Å². The van der Waals surface area contributed by atoms with Crippen LogP contribution in [0.1, 0.15) is 0 Å². The van der Waals surface area contributed by atoms with Crippen LogP contribution in [0.25, 0.3) is 22.1 Å². The maximum atomic E-state index is 5.85. The second-order valence-corrected chi connectivity index (χ2v) is 5.44. The van der Waals surface area contributed by atoms with Gasteiger partial charge in [-0.15, -0.1) is 6.58 Å². The Bertz CT molecular complexity index is 738. The molecule has 3 aromatic rings. The van der Waals surface area contributed by atoms with Crippen molar-refractivity contribution in [3.8, 4) is 0 Å². The van der Waals surface area contributed by atoms with E-state index in [4.69, 9.17) is 4.42 Å². The predicted molar refractivity (Wildman–Crippen MR) is 85.3 cm³/mol. The van der Waals surface area contributed by atoms with E-state index in [1.54, 1.807) is 6.33 Å². The summed E-state index contributed by atoms with van der Waals surface area (Å²) in [5.74, 6) is 2.72. The van der Waals surface area contributed by atoms with E-state index < -0.39 is 0 Å². The second-order valence-electron chi connectivity index (χ2n) is 4.29. The number of fused-ring (bicyclic) bond motifs is 3. The minimum atomic E-state index is 0.724. The standard InChI is InChI=1S/C15H15N3OS/c1-2-8-20-9-7-16-15-14-13(17-10-18-15)11-5-3-4-6-12(11)19-14/h2-6,10H,1,7-9H2,(H,16,17,18). The summed E-state index contributed by atoms with van der Waals surface area (Å²) in [7, 11) is 0. The Hall–Kier alpha value is -2.01. The monoisotopic (exact) mass is 285 g/mol. The highest BCUT2D eigenvalue weighted by Crippen LogP contribution is 2.30. The van der Waals surface area contributed by atoms with Crippen LogP contribution in [0.3, 0.4) is 0 Å². The number of benzene rings is 1. The van der Waals surface area contributed by atoms with E-state index in [1.807, 2.05) is 42.1 Å². The van der Waals surface area contributed by atoms with Crippen LogP contribution in [0, 0.1) is 0 Å². The van der Waals surface area contributed by atoms with Gasteiger partial charge in [0.25, 0.3) is 0 Å². The molecule has 0 saturated heterocycles. The minimum Gasteiger partial charge on any atom is -0.450 e. The molecular formula is C15H15N3OS. The van der Waals surface area contributed by atoms with Crippen LogP contribution in [-0.4, -0.2) is 28.0 Å². The Kier molecular flexibility index (Phi) is 3.87. The van der Waals surface area contributed by atoms with E-state index in [2.05, 4.69) is 21.9 Å². The number of rotatable bonds is 6. The summed E-state index contributed by atoms with van der Waals surface area (Å²) < 4.78 is 5.85. The lowest BCUT2D eigenvalue weighted by Gasteiger charge is -2.04. The topological polar surface area (TPSA) is 51.0 Å². The van der Waals surface area contributed by atoms with Crippen LogP contribution >= 0.6 is 11.8 Å². The largest absolute Gasteiger partial charge is 0.450 e. The zero-order valence-corrected chi connectivity index (χ0v) is 11.8.